The molecule has 0 amide bonds. The Labute approximate surface area is 114 Å². The van der Waals surface area contributed by atoms with Crippen LogP contribution in [0.25, 0.3) is 0 Å². The lowest BCUT2D eigenvalue weighted by molar-refractivity contribution is 0.334. The number of nitrogens with one attached hydrogen (secondary N) is 1. The van der Waals surface area contributed by atoms with Crippen LogP contribution in [0, 0.1) is 0 Å². The summed E-state index contributed by atoms with van der Waals surface area (Å²) in [6.07, 6.45) is 1.05. The van der Waals surface area contributed by atoms with Gasteiger partial charge in [-0.25, -0.2) is 0 Å². The van der Waals surface area contributed by atoms with Crippen LogP contribution in [-0.4, -0.2) is 5.54 Å². The molecule has 2 nitrogen and oxygen atoms in total. The first-order chi connectivity index (χ1) is 9.07. The lowest BCUT2D eigenvalue weighted by Crippen LogP contribution is -2.47. The normalized spacial score (nSPS) is 20.8. The molecular weight excluding hydrogens is 232 g/mol. The molecule has 1 aliphatic heterocycles. The topological polar surface area (TPSA) is 38.0 Å². The van der Waals surface area contributed by atoms with Crippen LogP contribution in [-0.2, 0) is 6.42 Å². The molecule has 1 unspecified atom stereocenters. The van der Waals surface area contributed by atoms with E-state index in [2.05, 4.69) is 55.6 Å². The first-order valence-electron chi connectivity index (χ1n) is 6.77. The van der Waals surface area contributed by atoms with E-state index in [1.165, 1.54) is 16.7 Å². The Morgan fingerprint density at radius 1 is 1.00 bits per heavy atom. The van der Waals surface area contributed by atoms with Crippen molar-refractivity contribution in [3.05, 3.63) is 65.2 Å². The highest BCUT2D eigenvalue weighted by molar-refractivity contribution is 5.53. The molecule has 2 heteroatoms. The van der Waals surface area contributed by atoms with Crippen LogP contribution in [0.1, 0.15) is 36.6 Å². The van der Waals surface area contributed by atoms with Crippen molar-refractivity contribution in [3.63, 3.8) is 0 Å². The average molecular weight is 252 g/mol. The molecule has 0 saturated heterocycles. The van der Waals surface area contributed by atoms with E-state index in [-0.39, 0.29) is 11.6 Å². The standard InChI is InChI=1S/C17H20N2/c1-17(2)11-12-7-3-4-8-13(12)16(19-17)14-9-5-6-10-15(14)18/h3-10,16,19H,11,18H2,1-2H3. The fourth-order valence-electron chi connectivity index (χ4n) is 2.99. The van der Waals surface area contributed by atoms with Gasteiger partial charge in [0, 0.05) is 11.2 Å². The van der Waals surface area contributed by atoms with Crippen molar-refractivity contribution in [2.45, 2.75) is 31.8 Å². The van der Waals surface area contributed by atoms with E-state index in [1.54, 1.807) is 0 Å². The quantitative estimate of drug-likeness (QED) is 0.764. The number of nitrogen functional groups attached to an aromatic ring is 1. The number of anilines is 1. The maximum atomic E-state index is 6.16. The van der Waals surface area contributed by atoms with E-state index in [1.807, 2.05) is 12.1 Å². The summed E-state index contributed by atoms with van der Waals surface area (Å²) in [4.78, 5) is 0. The van der Waals surface area contributed by atoms with Gasteiger partial charge < -0.3 is 11.1 Å². The molecule has 1 atom stereocenters. The number of para-hydroxylation sites is 1. The summed E-state index contributed by atoms with van der Waals surface area (Å²) < 4.78 is 0. The molecule has 3 N–H and O–H groups in total. The maximum Gasteiger partial charge on any atom is 0.0603 e. The molecule has 2 aromatic rings. The minimum atomic E-state index is 0.0846. The van der Waals surface area contributed by atoms with Gasteiger partial charge in [0.2, 0.25) is 0 Å². The van der Waals surface area contributed by atoms with E-state index < -0.39 is 0 Å². The Morgan fingerprint density at radius 3 is 2.37 bits per heavy atom. The molecular formula is C17H20N2. The highest BCUT2D eigenvalue weighted by atomic mass is 15.0. The van der Waals surface area contributed by atoms with Crippen LogP contribution in [0.3, 0.4) is 0 Å². The third-order valence-corrected chi connectivity index (χ3v) is 3.84. The van der Waals surface area contributed by atoms with Gasteiger partial charge in [-0.1, -0.05) is 42.5 Å². The second-order valence-corrected chi connectivity index (χ2v) is 5.97. The number of hydrogen-bond donors (Lipinski definition) is 2. The summed E-state index contributed by atoms with van der Waals surface area (Å²) >= 11 is 0. The molecule has 1 heterocycles. The van der Waals surface area contributed by atoms with E-state index in [0.717, 1.165) is 12.1 Å². The van der Waals surface area contributed by atoms with E-state index in [9.17, 15) is 0 Å². The fourth-order valence-corrected chi connectivity index (χ4v) is 2.99. The zero-order chi connectivity index (χ0) is 13.5. The average Bonchev–Trinajstić information content (AvgIpc) is 2.37. The predicted molar refractivity (Wildman–Crippen MR) is 80.1 cm³/mol. The highest BCUT2D eigenvalue weighted by Gasteiger charge is 2.32. The number of hydrogen-bond acceptors (Lipinski definition) is 2. The van der Waals surface area contributed by atoms with Crippen LogP contribution < -0.4 is 11.1 Å². The molecule has 1 aliphatic rings. The third-order valence-electron chi connectivity index (χ3n) is 3.84. The Balaban J connectivity index is 2.14. The maximum absolute atomic E-state index is 6.16. The third kappa shape index (κ3) is 2.24. The van der Waals surface area contributed by atoms with Gasteiger partial charge in [-0.3, -0.25) is 0 Å². The fraction of sp³-hybridized carbons (Fsp3) is 0.294. The van der Waals surface area contributed by atoms with Gasteiger partial charge in [0.15, 0.2) is 0 Å². The zero-order valence-electron chi connectivity index (χ0n) is 11.5. The van der Waals surface area contributed by atoms with E-state index >= 15 is 0 Å². The van der Waals surface area contributed by atoms with E-state index in [0.29, 0.717) is 0 Å². The number of nitrogens with two attached hydrogens (primary N) is 1. The van der Waals surface area contributed by atoms with Crippen LogP contribution in [0.15, 0.2) is 48.5 Å². The molecule has 0 aliphatic carbocycles. The highest BCUT2D eigenvalue weighted by Crippen LogP contribution is 2.36. The van der Waals surface area contributed by atoms with Crippen molar-refractivity contribution in [2.24, 2.45) is 0 Å². The van der Waals surface area contributed by atoms with Crippen molar-refractivity contribution in [2.75, 3.05) is 5.73 Å². The Hall–Kier alpha value is -1.80. The molecule has 0 fully saturated rings. The summed E-state index contributed by atoms with van der Waals surface area (Å²) in [5, 5.41) is 3.73. The molecule has 0 bridgehead atoms. The lowest BCUT2D eigenvalue weighted by atomic mass is 9.81. The molecule has 3 rings (SSSR count). The molecule has 98 valence electrons. The first kappa shape index (κ1) is 12.2. The smallest absolute Gasteiger partial charge is 0.0603 e. The van der Waals surface area contributed by atoms with Crippen LogP contribution >= 0.6 is 0 Å². The van der Waals surface area contributed by atoms with Crippen LogP contribution in [0.5, 0.6) is 0 Å². The van der Waals surface area contributed by atoms with Gasteiger partial charge in [0.1, 0.15) is 0 Å². The summed E-state index contributed by atoms with van der Waals surface area (Å²) in [6, 6.07) is 17.0. The molecule has 0 aromatic heterocycles. The Kier molecular flexibility index (Phi) is 2.83. The predicted octanol–water partition coefficient (Wildman–Crippen LogP) is 3.28. The SMILES string of the molecule is CC1(C)Cc2ccccc2C(c2ccccc2N)N1. The van der Waals surface area contributed by atoms with Crippen molar-refractivity contribution < 1.29 is 0 Å². The van der Waals surface area contributed by atoms with Crippen LogP contribution in [0.2, 0.25) is 0 Å². The second-order valence-electron chi connectivity index (χ2n) is 5.97. The zero-order valence-corrected chi connectivity index (χ0v) is 11.5. The largest absolute Gasteiger partial charge is 0.398 e. The number of benzene rings is 2. The summed E-state index contributed by atoms with van der Waals surface area (Å²) in [5.74, 6) is 0. The number of fused-ring (bicyclic) bond motifs is 1. The van der Waals surface area contributed by atoms with Gasteiger partial charge in [0.05, 0.1) is 6.04 Å². The van der Waals surface area contributed by atoms with Crippen molar-refractivity contribution in [1.82, 2.24) is 5.32 Å². The lowest BCUT2D eigenvalue weighted by Gasteiger charge is -2.39. The van der Waals surface area contributed by atoms with Crippen molar-refractivity contribution in [3.8, 4) is 0 Å². The first-order valence-corrected chi connectivity index (χ1v) is 6.77. The molecule has 0 radical (unpaired) electrons. The van der Waals surface area contributed by atoms with Gasteiger partial charge in [-0.15, -0.1) is 0 Å². The summed E-state index contributed by atoms with van der Waals surface area (Å²) in [5.41, 5.74) is 11.0. The molecule has 0 spiro atoms. The van der Waals surface area contributed by atoms with Gasteiger partial charge in [0.25, 0.3) is 0 Å². The Morgan fingerprint density at radius 2 is 1.63 bits per heavy atom. The minimum absolute atomic E-state index is 0.0846. The molecule has 2 aromatic carbocycles. The van der Waals surface area contributed by atoms with Crippen molar-refractivity contribution >= 4 is 5.69 Å². The van der Waals surface area contributed by atoms with Gasteiger partial charge in [-0.2, -0.15) is 0 Å². The monoisotopic (exact) mass is 252 g/mol. The minimum Gasteiger partial charge on any atom is -0.398 e. The second kappa shape index (κ2) is 4.39. The van der Waals surface area contributed by atoms with Crippen molar-refractivity contribution in [1.29, 1.82) is 0 Å². The molecule has 0 saturated carbocycles. The summed E-state index contributed by atoms with van der Waals surface area (Å²) in [7, 11) is 0. The Bertz CT molecular complexity index is 602. The van der Waals surface area contributed by atoms with Crippen LogP contribution in [0.4, 0.5) is 5.69 Å². The van der Waals surface area contributed by atoms with Gasteiger partial charge >= 0.3 is 0 Å². The van der Waals surface area contributed by atoms with E-state index in [4.69, 9.17) is 5.73 Å². The van der Waals surface area contributed by atoms with Gasteiger partial charge in [-0.05, 0) is 43.0 Å². The summed E-state index contributed by atoms with van der Waals surface area (Å²) in [6.45, 7) is 4.49. The number of rotatable bonds is 1. The molecule has 19 heavy (non-hydrogen) atoms.